The monoisotopic (exact) mass is 157 g/mol. The Labute approximate surface area is 66.6 Å². The molecule has 0 aromatic heterocycles. The van der Waals surface area contributed by atoms with Crippen molar-refractivity contribution in [3.8, 4) is 0 Å². The van der Waals surface area contributed by atoms with E-state index in [4.69, 9.17) is 0 Å². The van der Waals surface area contributed by atoms with Gasteiger partial charge in [0, 0.05) is 12.1 Å². The molecule has 2 bridgehead atoms. The summed E-state index contributed by atoms with van der Waals surface area (Å²) in [5.41, 5.74) is 0. The van der Waals surface area contributed by atoms with Crippen LogP contribution in [0.4, 0.5) is 0 Å². The Morgan fingerprint density at radius 3 is 2.45 bits per heavy atom. The zero-order chi connectivity index (χ0) is 8.01. The molecular weight excluding hydrogens is 142 g/mol. The maximum Gasteiger partial charge on any atom is 0.0711 e. The molecule has 0 spiro atoms. The molecule has 2 rings (SSSR count). The van der Waals surface area contributed by atoms with E-state index in [-0.39, 0.29) is 18.2 Å². The van der Waals surface area contributed by atoms with Crippen LogP contribution in [-0.2, 0) is 0 Å². The number of aliphatic hydroxyl groups is 2. The van der Waals surface area contributed by atoms with Crippen LogP contribution in [0.2, 0.25) is 0 Å². The van der Waals surface area contributed by atoms with Crippen molar-refractivity contribution in [2.45, 2.75) is 43.6 Å². The Balaban J connectivity index is 2.17. The Hall–Kier alpha value is -0.120. The van der Waals surface area contributed by atoms with Gasteiger partial charge >= 0.3 is 0 Å². The summed E-state index contributed by atoms with van der Waals surface area (Å²) in [4.78, 5) is 2.12. The van der Waals surface area contributed by atoms with E-state index in [1.165, 1.54) is 0 Å². The third-order valence-electron chi connectivity index (χ3n) is 3.18. The van der Waals surface area contributed by atoms with Crippen molar-refractivity contribution in [1.29, 1.82) is 0 Å². The summed E-state index contributed by atoms with van der Waals surface area (Å²) in [6.45, 7) is 0. The van der Waals surface area contributed by atoms with Crippen LogP contribution in [-0.4, -0.2) is 46.5 Å². The molecule has 2 fully saturated rings. The number of piperidine rings is 1. The molecule has 11 heavy (non-hydrogen) atoms. The molecule has 2 saturated heterocycles. The average molecular weight is 157 g/mol. The summed E-state index contributed by atoms with van der Waals surface area (Å²) in [5.74, 6) is 0. The number of hydrogen-bond acceptors (Lipinski definition) is 3. The standard InChI is InChI=1S/C8H15NO2/c1-9-5-2-3-7(10)6(9)4-8(5)11/h5-8,10-11H,2-4H2,1H3. The van der Waals surface area contributed by atoms with Crippen molar-refractivity contribution >= 4 is 0 Å². The summed E-state index contributed by atoms with van der Waals surface area (Å²) in [5, 5.41) is 19.1. The van der Waals surface area contributed by atoms with E-state index in [2.05, 4.69) is 4.90 Å². The molecule has 0 aromatic rings. The first-order chi connectivity index (χ1) is 5.20. The van der Waals surface area contributed by atoms with Crippen LogP contribution in [0.15, 0.2) is 0 Å². The first kappa shape index (κ1) is 7.53. The second-order valence-corrected chi connectivity index (χ2v) is 3.75. The van der Waals surface area contributed by atoms with E-state index < -0.39 is 0 Å². The number of likely N-dealkylation sites (N-methyl/N-ethyl adjacent to an activating group) is 1. The molecule has 4 unspecified atom stereocenters. The van der Waals surface area contributed by atoms with Crippen molar-refractivity contribution < 1.29 is 10.2 Å². The summed E-state index contributed by atoms with van der Waals surface area (Å²) >= 11 is 0. The van der Waals surface area contributed by atoms with Crippen molar-refractivity contribution in [1.82, 2.24) is 4.90 Å². The molecule has 2 aliphatic rings. The predicted octanol–water partition coefficient (Wildman–Crippen LogP) is -0.425. The number of hydrogen-bond donors (Lipinski definition) is 2. The largest absolute Gasteiger partial charge is 0.391 e. The minimum atomic E-state index is -0.214. The zero-order valence-electron chi connectivity index (χ0n) is 6.77. The van der Waals surface area contributed by atoms with Gasteiger partial charge in [-0.25, -0.2) is 0 Å². The van der Waals surface area contributed by atoms with Crippen LogP contribution in [0.3, 0.4) is 0 Å². The van der Waals surface area contributed by atoms with E-state index in [0.717, 1.165) is 19.3 Å². The van der Waals surface area contributed by atoms with Gasteiger partial charge in [-0.3, -0.25) is 4.90 Å². The minimum absolute atomic E-state index is 0.206. The van der Waals surface area contributed by atoms with Crippen molar-refractivity contribution in [3.63, 3.8) is 0 Å². The topological polar surface area (TPSA) is 43.7 Å². The van der Waals surface area contributed by atoms with E-state index in [9.17, 15) is 10.2 Å². The molecule has 0 radical (unpaired) electrons. The number of aliphatic hydroxyl groups excluding tert-OH is 2. The van der Waals surface area contributed by atoms with Crippen molar-refractivity contribution in [2.75, 3.05) is 7.05 Å². The highest BCUT2D eigenvalue weighted by molar-refractivity contribution is 4.99. The van der Waals surface area contributed by atoms with Gasteiger partial charge in [0.2, 0.25) is 0 Å². The van der Waals surface area contributed by atoms with Gasteiger partial charge in [0.1, 0.15) is 0 Å². The third-order valence-corrected chi connectivity index (χ3v) is 3.18. The van der Waals surface area contributed by atoms with E-state index in [1.807, 2.05) is 7.05 Å². The summed E-state index contributed by atoms with van der Waals surface area (Å²) in [6, 6.07) is 0.521. The number of nitrogens with zero attached hydrogens (tertiary/aromatic N) is 1. The SMILES string of the molecule is CN1C2CCC(O)C1CC2O. The van der Waals surface area contributed by atoms with Gasteiger partial charge < -0.3 is 10.2 Å². The first-order valence-corrected chi connectivity index (χ1v) is 4.28. The van der Waals surface area contributed by atoms with Crippen LogP contribution in [0.1, 0.15) is 19.3 Å². The lowest BCUT2D eigenvalue weighted by molar-refractivity contribution is 0.0212. The lowest BCUT2D eigenvalue weighted by atomic mass is 10.0. The van der Waals surface area contributed by atoms with E-state index in [1.54, 1.807) is 0 Å². The van der Waals surface area contributed by atoms with Crippen molar-refractivity contribution in [3.05, 3.63) is 0 Å². The lowest BCUT2D eigenvalue weighted by Gasteiger charge is -2.34. The molecule has 0 saturated carbocycles. The fraction of sp³-hybridized carbons (Fsp3) is 1.00. The second-order valence-electron chi connectivity index (χ2n) is 3.75. The Kier molecular flexibility index (Phi) is 1.67. The number of rotatable bonds is 0. The maximum absolute atomic E-state index is 9.53. The Morgan fingerprint density at radius 1 is 1.09 bits per heavy atom. The predicted molar refractivity (Wildman–Crippen MR) is 41.2 cm³/mol. The summed E-state index contributed by atoms with van der Waals surface area (Å²) in [6.07, 6.45) is 2.13. The second kappa shape index (κ2) is 2.44. The average Bonchev–Trinajstić information content (AvgIpc) is 2.12. The van der Waals surface area contributed by atoms with Crippen LogP contribution >= 0.6 is 0 Å². The van der Waals surface area contributed by atoms with Gasteiger partial charge in [-0.15, -0.1) is 0 Å². The van der Waals surface area contributed by atoms with Gasteiger partial charge in [-0.1, -0.05) is 0 Å². The zero-order valence-corrected chi connectivity index (χ0v) is 6.77. The number of fused-ring (bicyclic) bond motifs is 2. The first-order valence-electron chi connectivity index (χ1n) is 4.28. The van der Waals surface area contributed by atoms with Crippen LogP contribution in [0, 0.1) is 0 Å². The van der Waals surface area contributed by atoms with Gasteiger partial charge in [0.05, 0.1) is 12.2 Å². The molecule has 64 valence electrons. The normalized spacial score (nSPS) is 51.5. The van der Waals surface area contributed by atoms with Crippen LogP contribution < -0.4 is 0 Å². The molecule has 4 atom stereocenters. The third kappa shape index (κ3) is 0.991. The molecular formula is C8H15NO2. The van der Waals surface area contributed by atoms with E-state index in [0.29, 0.717) is 6.04 Å². The molecule has 0 amide bonds. The fourth-order valence-electron chi connectivity index (χ4n) is 2.45. The molecule has 2 N–H and O–H groups in total. The minimum Gasteiger partial charge on any atom is -0.391 e. The highest BCUT2D eigenvalue weighted by atomic mass is 16.3. The van der Waals surface area contributed by atoms with Gasteiger partial charge in [-0.05, 0) is 26.3 Å². The molecule has 3 nitrogen and oxygen atoms in total. The van der Waals surface area contributed by atoms with Gasteiger partial charge in [-0.2, -0.15) is 0 Å². The molecule has 2 heterocycles. The molecule has 0 aromatic carbocycles. The molecule has 2 aliphatic heterocycles. The van der Waals surface area contributed by atoms with E-state index >= 15 is 0 Å². The lowest BCUT2D eigenvalue weighted by Crippen LogP contribution is -2.45. The van der Waals surface area contributed by atoms with Gasteiger partial charge in [0.25, 0.3) is 0 Å². The Bertz CT molecular complexity index is 162. The quantitative estimate of drug-likeness (QED) is 0.501. The van der Waals surface area contributed by atoms with Crippen LogP contribution in [0.5, 0.6) is 0 Å². The summed E-state index contributed by atoms with van der Waals surface area (Å²) in [7, 11) is 1.99. The molecule has 3 heteroatoms. The Morgan fingerprint density at radius 2 is 1.82 bits per heavy atom. The summed E-state index contributed by atoms with van der Waals surface area (Å²) < 4.78 is 0. The van der Waals surface area contributed by atoms with Gasteiger partial charge in [0.15, 0.2) is 0 Å². The highest BCUT2D eigenvalue weighted by Crippen LogP contribution is 2.34. The van der Waals surface area contributed by atoms with Crippen LogP contribution in [0.25, 0.3) is 0 Å². The fourth-order valence-corrected chi connectivity index (χ4v) is 2.45. The molecule has 0 aliphatic carbocycles. The maximum atomic E-state index is 9.53. The highest BCUT2D eigenvalue weighted by Gasteiger charge is 2.44. The smallest absolute Gasteiger partial charge is 0.0711 e. The van der Waals surface area contributed by atoms with Crippen molar-refractivity contribution in [2.24, 2.45) is 0 Å².